The van der Waals surface area contributed by atoms with Gasteiger partial charge in [-0.2, -0.15) is 0 Å². The average molecular weight is 343 g/mol. The Labute approximate surface area is 134 Å². The molecule has 1 heterocycles. The van der Waals surface area contributed by atoms with Crippen LogP contribution in [0.4, 0.5) is 5.69 Å². The van der Waals surface area contributed by atoms with Crippen LogP contribution in [0.15, 0.2) is 47.2 Å². The van der Waals surface area contributed by atoms with E-state index in [1.54, 1.807) is 11.1 Å². The molecule has 2 aliphatic carbocycles. The number of nitrogens with zero attached hydrogens (tertiary/aromatic N) is 1. The Bertz CT molecular complexity index is 622. The van der Waals surface area contributed by atoms with Crippen molar-refractivity contribution < 1.29 is 0 Å². The highest BCUT2D eigenvalue weighted by Gasteiger charge is 2.39. The first-order valence-corrected chi connectivity index (χ1v) is 8.54. The van der Waals surface area contributed by atoms with Gasteiger partial charge < -0.3 is 5.32 Å². The zero-order valence-electron chi connectivity index (χ0n) is 11.9. The Morgan fingerprint density at radius 1 is 0.952 bits per heavy atom. The van der Waals surface area contributed by atoms with Gasteiger partial charge in [-0.15, -0.1) is 0 Å². The van der Waals surface area contributed by atoms with E-state index in [1.165, 1.54) is 25.7 Å². The zero-order valence-corrected chi connectivity index (χ0v) is 13.5. The number of fused-ring (bicyclic) bond motifs is 3. The first-order chi connectivity index (χ1) is 10.3. The number of nitrogens with one attached hydrogen (secondary N) is 1. The van der Waals surface area contributed by atoms with E-state index in [0.29, 0.717) is 6.04 Å². The number of pyridine rings is 1. The van der Waals surface area contributed by atoms with Crippen molar-refractivity contribution in [3.63, 3.8) is 0 Å². The lowest BCUT2D eigenvalue weighted by molar-refractivity contribution is 0.449. The predicted molar refractivity (Wildman–Crippen MR) is 89.4 cm³/mol. The van der Waals surface area contributed by atoms with E-state index in [1.807, 2.05) is 12.3 Å². The molecule has 2 atom stereocenters. The van der Waals surface area contributed by atoms with E-state index < -0.39 is 0 Å². The first-order valence-electron chi connectivity index (χ1n) is 7.75. The molecule has 0 amide bonds. The van der Waals surface area contributed by atoms with Crippen molar-refractivity contribution in [1.82, 2.24) is 4.98 Å². The van der Waals surface area contributed by atoms with Crippen molar-refractivity contribution in [3.8, 4) is 0 Å². The summed E-state index contributed by atoms with van der Waals surface area (Å²) in [5.41, 5.74) is 4.24. The predicted octanol–water partition coefficient (Wildman–Crippen LogP) is 4.45. The summed E-state index contributed by atoms with van der Waals surface area (Å²) in [7, 11) is 0. The fraction of sp³-hybridized carbons (Fsp3) is 0.389. The second-order valence-electron chi connectivity index (χ2n) is 6.29. The Balaban J connectivity index is 1.62. The molecule has 3 heteroatoms. The van der Waals surface area contributed by atoms with Gasteiger partial charge in [0.1, 0.15) is 4.60 Å². The van der Waals surface area contributed by atoms with Crippen LogP contribution in [0.2, 0.25) is 0 Å². The van der Waals surface area contributed by atoms with Crippen molar-refractivity contribution in [2.24, 2.45) is 11.8 Å². The monoisotopic (exact) mass is 342 g/mol. The van der Waals surface area contributed by atoms with Crippen molar-refractivity contribution in [2.45, 2.75) is 31.7 Å². The smallest absolute Gasteiger partial charge is 0.129 e. The summed E-state index contributed by atoms with van der Waals surface area (Å²) in [6, 6.07) is 13.7. The summed E-state index contributed by atoms with van der Waals surface area (Å²) in [6.45, 7) is 0. The summed E-state index contributed by atoms with van der Waals surface area (Å²) < 4.78 is 0.922. The lowest BCUT2D eigenvalue weighted by Crippen LogP contribution is -2.31. The maximum absolute atomic E-state index is 4.33. The molecule has 2 bridgehead atoms. The molecule has 1 N–H and O–H groups in total. The molecular weight excluding hydrogens is 324 g/mol. The van der Waals surface area contributed by atoms with Crippen LogP contribution in [0, 0.1) is 11.8 Å². The van der Waals surface area contributed by atoms with E-state index in [0.717, 1.165) is 22.1 Å². The fourth-order valence-corrected chi connectivity index (χ4v) is 4.42. The van der Waals surface area contributed by atoms with Crippen LogP contribution in [0.25, 0.3) is 0 Å². The van der Waals surface area contributed by atoms with Gasteiger partial charge in [-0.25, -0.2) is 4.98 Å². The van der Waals surface area contributed by atoms with E-state index in [4.69, 9.17) is 0 Å². The van der Waals surface area contributed by atoms with Crippen molar-refractivity contribution in [2.75, 3.05) is 5.32 Å². The summed E-state index contributed by atoms with van der Waals surface area (Å²) in [5.74, 6) is 1.48. The minimum absolute atomic E-state index is 0.568. The van der Waals surface area contributed by atoms with E-state index >= 15 is 0 Å². The van der Waals surface area contributed by atoms with Crippen LogP contribution in [0.1, 0.15) is 24.0 Å². The van der Waals surface area contributed by atoms with Crippen molar-refractivity contribution in [1.29, 1.82) is 0 Å². The molecule has 2 aromatic rings. The SMILES string of the molecule is Brc1ncccc1NC1C2CCC1Cc1ccccc1C2. The van der Waals surface area contributed by atoms with Gasteiger partial charge in [-0.3, -0.25) is 0 Å². The highest BCUT2D eigenvalue weighted by Crippen LogP contribution is 2.41. The van der Waals surface area contributed by atoms with Crippen LogP contribution < -0.4 is 5.32 Å². The number of rotatable bonds is 2. The van der Waals surface area contributed by atoms with Crippen LogP contribution in [-0.2, 0) is 12.8 Å². The molecule has 108 valence electrons. The molecule has 2 aliphatic rings. The standard InChI is InChI=1S/C18H19BrN2/c19-18-16(6-3-9-20-18)21-17-14-7-8-15(17)11-13-5-2-1-4-12(13)10-14/h1-6,9,14-15,17,21H,7-8,10-11H2. The van der Waals surface area contributed by atoms with Crippen LogP contribution >= 0.6 is 15.9 Å². The third-order valence-electron chi connectivity index (χ3n) is 5.09. The van der Waals surface area contributed by atoms with Crippen LogP contribution in [-0.4, -0.2) is 11.0 Å². The molecule has 1 aromatic carbocycles. The van der Waals surface area contributed by atoms with E-state index in [-0.39, 0.29) is 0 Å². The lowest BCUT2D eigenvalue weighted by atomic mass is 9.94. The number of hydrogen-bond donors (Lipinski definition) is 1. The quantitative estimate of drug-likeness (QED) is 0.815. The summed E-state index contributed by atoms with van der Waals surface area (Å²) >= 11 is 3.56. The maximum Gasteiger partial charge on any atom is 0.129 e. The molecule has 1 saturated carbocycles. The van der Waals surface area contributed by atoms with Crippen LogP contribution in [0.3, 0.4) is 0 Å². The molecule has 2 unspecified atom stereocenters. The normalized spacial score (nSPS) is 27.0. The van der Waals surface area contributed by atoms with E-state index in [9.17, 15) is 0 Å². The lowest BCUT2D eigenvalue weighted by Gasteiger charge is -2.25. The molecule has 1 fully saturated rings. The molecule has 0 saturated heterocycles. The first kappa shape index (κ1) is 13.3. The molecule has 21 heavy (non-hydrogen) atoms. The molecule has 0 radical (unpaired) electrons. The minimum atomic E-state index is 0.568. The second kappa shape index (κ2) is 5.45. The third kappa shape index (κ3) is 2.48. The largest absolute Gasteiger partial charge is 0.380 e. The fourth-order valence-electron chi connectivity index (χ4n) is 4.06. The van der Waals surface area contributed by atoms with Gasteiger partial charge in [0.15, 0.2) is 0 Å². The van der Waals surface area contributed by atoms with Gasteiger partial charge in [0.2, 0.25) is 0 Å². The van der Waals surface area contributed by atoms with E-state index in [2.05, 4.69) is 56.6 Å². The van der Waals surface area contributed by atoms with Gasteiger partial charge in [-0.1, -0.05) is 24.3 Å². The van der Waals surface area contributed by atoms with Gasteiger partial charge in [0, 0.05) is 12.2 Å². The molecule has 0 aliphatic heterocycles. The summed E-state index contributed by atoms with van der Waals surface area (Å²) in [6.07, 6.45) is 6.93. The third-order valence-corrected chi connectivity index (χ3v) is 5.72. The van der Waals surface area contributed by atoms with Gasteiger partial charge in [0.25, 0.3) is 0 Å². The minimum Gasteiger partial charge on any atom is -0.380 e. The van der Waals surface area contributed by atoms with Gasteiger partial charge in [-0.05, 0) is 76.7 Å². The maximum atomic E-state index is 4.33. The number of hydrogen-bond acceptors (Lipinski definition) is 2. The van der Waals surface area contributed by atoms with Crippen LogP contribution in [0.5, 0.6) is 0 Å². The average Bonchev–Trinajstić information content (AvgIpc) is 2.76. The topological polar surface area (TPSA) is 24.9 Å². The Morgan fingerprint density at radius 3 is 2.24 bits per heavy atom. The van der Waals surface area contributed by atoms with Gasteiger partial charge >= 0.3 is 0 Å². The highest BCUT2D eigenvalue weighted by atomic mass is 79.9. The Morgan fingerprint density at radius 2 is 1.62 bits per heavy atom. The molecule has 1 aromatic heterocycles. The number of anilines is 1. The number of benzene rings is 1. The zero-order chi connectivity index (χ0) is 14.2. The molecule has 2 nitrogen and oxygen atoms in total. The van der Waals surface area contributed by atoms with Gasteiger partial charge in [0.05, 0.1) is 5.69 Å². The number of aromatic nitrogens is 1. The molecule has 0 spiro atoms. The highest BCUT2D eigenvalue weighted by molar-refractivity contribution is 9.10. The Hall–Kier alpha value is -1.35. The molecule has 4 rings (SSSR count). The number of halogens is 1. The summed E-state index contributed by atoms with van der Waals surface area (Å²) in [4.78, 5) is 4.33. The summed E-state index contributed by atoms with van der Waals surface area (Å²) in [5, 5.41) is 3.78. The van der Waals surface area contributed by atoms with Crippen molar-refractivity contribution >= 4 is 21.6 Å². The second-order valence-corrected chi connectivity index (χ2v) is 7.04. The molecular formula is C18H19BrN2. The van der Waals surface area contributed by atoms with Crippen molar-refractivity contribution in [3.05, 3.63) is 58.3 Å². The Kier molecular flexibility index (Phi) is 3.46.